The summed E-state index contributed by atoms with van der Waals surface area (Å²) in [7, 11) is 0. The highest BCUT2D eigenvalue weighted by atomic mass is 14.3. The molecular formula is C40H50. The van der Waals surface area contributed by atoms with Crippen LogP contribution in [-0.2, 0) is 21.7 Å². The van der Waals surface area contributed by atoms with Crippen molar-refractivity contribution in [2.45, 2.75) is 105 Å². The van der Waals surface area contributed by atoms with Crippen molar-refractivity contribution in [1.29, 1.82) is 0 Å². The molecule has 0 aromatic heterocycles. The second-order valence-electron chi connectivity index (χ2n) is 15.6. The average molecular weight is 531 g/mol. The van der Waals surface area contributed by atoms with Crippen LogP contribution < -0.4 is 0 Å². The number of benzene rings is 4. The third-order valence-electron chi connectivity index (χ3n) is 8.00. The van der Waals surface area contributed by atoms with Crippen LogP contribution in [0.5, 0.6) is 0 Å². The maximum atomic E-state index is 2.44. The van der Waals surface area contributed by atoms with Crippen molar-refractivity contribution in [3.8, 4) is 33.4 Å². The molecule has 210 valence electrons. The predicted octanol–water partition coefficient (Wildman–Crippen LogP) is 11.9. The van der Waals surface area contributed by atoms with Crippen LogP contribution in [0.4, 0.5) is 0 Å². The molecule has 0 unspecified atom stereocenters. The van der Waals surface area contributed by atoms with Crippen molar-refractivity contribution in [3.05, 3.63) is 107 Å². The average Bonchev–Trinajstić information content (AvgIpc) is 2.86. The maximum Gasteiger partial charge on any atom is -0.0109 e. The van der Waals surface area contributed by atoms with Gasteiger partial charge in [-0.3, -0.25) is 0 Å². The van der Waals surface area contributed by atoms with Crippen LogP contribution in [0.2, 0.25) is 0 Å². The lowest BCUT2D eigenvalue weighted by Gasteiger charge is -2.32. The third-order valence-corrected chi connectivity index (χ3v) is 8.00. The standard InChI is InChI=1S/C40H50/c1-37(2,3)31-19-16-20-32(38(4,5)6)35(31)29-23-21-27(22-24-29)30-25-33(39(7,8)9)36(28-17-14-13-15-18-28)34(26-30)40(10,11)12/h13-26H,1-12H3. The topological polar surface area (TPSA) is 0 Å². The Kier molecular flexibility index (Phi) is 7.74. The molecule has 0 fully saturated rings. The Balaban J connectivity index is 1.94. The van der Waals surface area contributed by atoms with Crippen LogP contribution in [-0.4, -0.2) is 0 Å². The van der Waals surface area contributed by atoms with Gasteiger partial charge in [0.25, 0.3) is 0 Å². The highest BCUT2D eigenvalue weighted by Gasteiger charge is 2.29. The Morgan fingerprint density at radius 1 is 0.300 bits per heavy atom. The van der Waals surface area contributed by atoms with Crippen molar-refractivity contribution >= 4 is 0 Å². The van der Waals surface area contributed by atoms with Gasteiger partial charge in [0.05, 0.1) is 0 Å². The quantitative estimate of drug-likeness (QED) is 0.247. The van der Waals surface area contributed by atoms with Gasteiger partial charge in [0.2, 0.25) is 0 Å². The summed E-state index contributed by atoms with van der Waals surface area (Å²) in [6.45, 7) is 28.0. The van der Waals surface area contributed by atoms with E-state index in [0.717, 1.165) is 0 Å². The minimum absolute atomic E-state index is 0.00832. The normalized spacial score (nSPS) is 13.0. The molecule has 0 bridgehead atoms. The Hall–Kier alpha value is -3.12. The molecule has 0 spiro atoms. The lowest BCUT2D eigenvalue weighted by Crippen LogP contribution is -2.19. The van der Waals surface area contributed by atoms with Crippen molar-refractivity contribution < 1.29 is 0 Å². The van der Waals surface area contributed by atoms with E-state index in [1.807, 2.05) is 0 Å². The van der Waals surface area contributed by atoms with Gasteiger partial charge in [0, 0.05) is 0 Å². The molecular weight excluding hydrogens is 480 g/mol. The molecule has 4 rings (SSSR count). The Morgan fingerprint density at radius 3 is 1.05 bits per heavy atom. The Bertz CT molecular complexity index is 1400. The van der Waals surface area contributed by atoms with E-state index in [-0.39, 0.29) is 21.7 Å². The SMILES string of the molecule is CC(C)(C)c1cccc(C(C)(C)C)c1-c1ccc(-c2cc(C(C)(C)C)c(-c3ccccc3)c(C(C)(C)C)c2)cc1. The fourth-order valence-corrected chi connectivity index (χ4v) is 5.85. The van der Waals surface area contributed by atoms with E-state index in [9.17, 15) is 0 Å². The molecule has 0 aliphatic carbocycles. The molecule has 4 aromatic carbocycles. The first kappa shape index (κ1) is 29.9. The van der Waals surface area contributed by atoms with E-state index in [0.29, 0.717) is 0 Å². The molecule has 40 heavy (non-hydrogen) atoms. The largest absolute Gasteiger partial charge is 0.0622 e. The van der Waals surface area contributed by atoms with E-state index >= 15 is 0 Å². The molecule has 0 radical (unpaired) electrons. The van der Waals surface area contributed by atoms with Gasteiger partial charge in [0.1, 0.15) is 0 Å². The van der Waals surface area contributed by atoms with Gasteiger partial charge < -0.3 is 0 Å². The Morgan fingerprint density at radius 2 is 0.650 bits per heavy atom. The fraction of sp³-hybridized carbons (Fsp3) is 0.400. The van der Waals surface area contributed by atoms with Gasteiger partial charge in [-0.05, 0) is 89.4 Å². The molecule has 0 aliphatic rings. The highest BCUT2D eigenvalue weighted by Crippen LogP contribution is 2.44. The molecule has 0 heteroatoms. The minimum atomic E-state index is 0.00832. The molecule has 0 aliphatic heterocycles. The molecule has 0 saturated heterocycles. The van der Waals surface area contributed by atoms with Crippen LogP contribution in [0.1, 0.15) is 105 Å². The summed E-state index contributed by atoms with van der Waals surface area (Å²) < 4.78 is 0. The predicted molar refractivity (Wildman–Crippen MR) is 178 cm³/mol. The first-order valence-electron chi connectivity index (χ1n) is 14.9. The van der Waals surface area contributed by atoms with Gasteiger partial charge >= 0.3 is 0 Å². The van der Waals surface area contributed by atoms with Crippen LogP contribution in [0.15, 0.2) is 84.9 Å². The van der Waals surface area contributed by atoms with E-state index in [1.54, 1.807) is 0 Å². The summed E-state index contributed by atoms with van der Waals surface area (Å²) >= 11 is 0. The van der Waals surface area contributed by atoms with Crippen LogP contribution in [0.25, 0.3) is 33.4 Å². The third kappa shape index (κ3) is 6.12. The van der Waals surface area contributed by atoms with Gasteiger partial charge in [-0.15, -0.1) is 0 Å². The van der Waals surface area contributed by atoms with E-state index < -0.39 is 0 Å². The lowest BCUT2D eigenvalue weighted by atomic mass is 9.72. The van der Waals surface area contributed by atoms with Gasteiger partial charge in [-0.2, -0.15) is 0 Å². The molecule has 0 nitrogen and oxygen atoms in total. The molecule has 0 amide bonds. The molecule has 0 heterocycles. The van der Waals surface area contributed by atoms with Crippen LogP contribution >= 0.6 is 0 Å². The van der Waals surface area contributed by atoms with E-state index in [1.165, 1.54) is 55.6 Å². The minimum Gasteiger partial charge on any atom is -0.0622 e. The zero-order chi connectivity index (χ0) is 29.7. The summed E-state index contributed by atoms with van der Waals surface area (Å²) in [5.74, 6) is 0. The Labute approximate surface area is 244 Å². The maximum absolute atomic E-state index is 2.44. The van der Waals surface area contributed by atoms with Crippen LogP contribution in [0, 0.1) is 0 Å². The summed E-state index contributed by atoms with van der Waals surface area (Å²) in [6.07, 6.45) is 0. The fourth-order valence-electron chi connectivity index (χ4n) is 5.85. The number of rotatable bonds is 3. The van der Waals surface area contributed by atoms with Crippen molar-refractivity contribution in [2.75, 3.05) is 0 Å². The van der Waals surface area contributed by atoms with Crippen molar-refractivity contribution in [2.24, 2.45) is 0 Å². The second-order valence-corrected chi connectivity index (χ2v) is 15.6. The molecule has 0 atom stereocenters. The van der Waals surface area contributed by atoms with Gasteiger partial charge in [-0.1, -0.05) is 156 Å². The summed E-state index contributed by atoms with van der Waals surface area (Å²) in [6, 6.07) is 32.0. The lowest BCUT2D eigenvalue weighted by molar-refractivity contribution is 0.571. The molecule has 0 N–H and O–H groups in total. The summed E-state index contributed by atoms with van der Waals surface area (Å²) in [4.78, 5) is 0. The van der Waals surface area contributed by atoms with Crippen molar-refractivity contribution in [1.82, 2.24) is 0 Å². The monoisotopic (exact) mass is 530 g/mol. The van der Waals surface area contributed by atoms with E-state index in [2.05, 4.69) is 168 Å². The molecule has 4 aromatic rings. The summed E-state index contributed by atoms with van der Waals surface area (Å²) in [5, 5.41) is 0. The van der Waals surface area contributed by atoms with Crippen molar-refractivity contribution in [3.63, 3.8) is 0 Å². The zero-order valence-electron chi connectivity index (χ0n) is 27.1. The van der Waals surface area contributed by atoms with Crippen LogP contribution in [0.3, 0.4) is 0 Å². The van der Waals surface area contributed by atoms with Gasteiger partial charge in [0.15, 0.2) is 0 Å². The summed E-state index contributed by atoms with van der Waals surface area (Å²) in [5.41, 5.74) is 13.7. The van der Waals surface area contributed by atoms with E-state index in [4.69, 9.17) is 0 Å². The first-order valence-corrected chi connectivity index (χ1v) is 14.9. The zero-order valence-corrected chi connectivity index (χ0v) is 27.1. The first-order chi connectivity index (χ1) is 18.4. The number of hydrogen-bond acceptors (Lipinski definition) is 0. The highest BCUT2D eigenvalue weighted by molar-refractivity contribution is 5.81. The van der Waals surface area contributed by atoms with Gasteiger partial charge in [-0.25, -0.2) is 0 Å². The molecule has 0 saturated carbocycles. The second kappa shape index (κ2) is 10.4. The smallest absolute Gasteiger partial charge is 0.0109 e. The number of hydrogen-bond donors (Lipinski definition) is 0.